The number of alkyl halides is 3. The number of piperidine rings is 1. The molecule has 0 radical (unpaired) electrons. The van der Waals surface area contributed by atoms with Gasteiger partial charge in [0.2, 0.25) is 0 Å². The number of rotatable bonds is 1. The van der Waals surface area contributed by atoms with E-state index in [1.807, 2.05) is 0 Å². The highest BCUT2D eigenvalue weighted by Gasteiger charge is 2.40. The Hall–Kier alpha value is -1.76. The predicted molar refractivity (Wildman–Crippen MR) is 78.5 cm³/mol. The molecule has 0 saturated carbocycles. The molecule has 2 aliphatic rings. The zero-order valence-electron chi connectivity index (χ0n) is 12.1. The standard InChI is InChI=1S/C15H14ClF3N2O2/c16-12-2-1-10(15(17,18)19)9-11(12)13(22)21-7-4-14(5-8-21)3-6-20-23-14/h1-2,6,9H,3-5,7-8H2. The third-order valence-electron chi connectivity index (χ3n) is 4.27. The van der Waals surface area contributed by atoms with Crippen LogP contribution in [0.15, 0.2) is 23.4 Å². The first-order valence-electron chi connectivity index (χ1n) is 7.17. The Kier molecular flexibility index (Phi) is 4.00. The van der Waals surface area contributed by atoms with E-state index >= 15 is 0 Å². The van der Waals surface area contributed by atoms with E-state index in [1.165, 1.54) is 4.90 Å². The van der Waals surface area contributed by atoms with Gasteiger partial charge < -0.3 is 9.74 Å². The topological polar surface area (TPSA) is 41.9 Å². The lowest BCUT2D eigenvalue weighted by Gasteiger charge is -2.37. The Bertz CT molecular complexity index is 643. The summed E-state index contributed by atoms with van der Waals surface area (Å²) < 4.78 is 38.4. The van der Waals surface area contributed by atoms with Crippen LogP contribution in [0.4, 0.5) is 13.2 Å². The van der Waals surface area contributed by atoms with Crippen molar-refractivity contribution >= 4 is 23.7 Å². The molecule has 1 spiro atoms. The van der Waals surface area contributed by atoms with E-state index in [1.54, 1.807) is 6.21 Å². The molecular weight excluding hydrogens is 333 g/mol. The highest BCUT2D eigenvalue weighted by atomic mass is 35.5. The number of likely N-dealkylation sites (tertiary alicyclic amines) is 1. The van der Waals surface area contributed by atoms with Gasteiger partial charge in [0.1, 0.15) is 5.60 Å². The number of carbonyl (C=O) groups excluding carboxylic acids is 1. The van der Waals surface area contributed by atoms with Gasteiger partial charge in [0.15, 0.2) is 0 Å². The lowest BCUT2D eigenvalue weighted by molar-refractivity contribution is -0.137. The van der Waals surface area contributed by atoms with Crippen molar-refractivity contribution in [3.8, 4) is 0 Å². The molecule has 2 heterocycles. The molecule has 4 nitrogen and oxygen atoms in total. The van der Waals surface area contributed by atoms with E-state index in [0.29, 0.717) is 32.4 Å². The maximum atomic E-state index is 12.8. The number of hydrogen-bond donors (Lipinski definition) is 0. The Morgan fingerprint density at radius 1 is 1.30 bits per heavy atom. The lowest BCUT2D eigenvalue weighted by Crippen LogP contribution is -2.46. The second-order valence-electron chi connectivity index (χ2n) is 5.75. The summed E-state index contributed by atoms with van der Waals surface area (Å²) in [5.74, 6) is -0.491. The van der Waals surface area contributed by atoms with Crippen LogP contribution >= 0.6 is 11.6 Å². The van der Waals surface area contributed by atoms with Crippen molar-refractivity contribution in [3.05, 3.63) is 34.3 Å². The van der Waals surface area contributed by atoms with Crippen molar-refractivity contribution in [3.63, 3.8) is 0 Å². The van der Waals surface area contributed by atoms with Crippen molar-refractivity contribution in [1.82, 2.24) is 4.90 Å². The van der Waals surface area contributed by atoms with E-state index in [4.69, 9.17) is 16.4 Å². The molecule has 3 rings (SSSR count). The molecule has 0 N–H and O–H groups in total. The fraction of sp³-hybridized carbons (Fsp3) is 0.467. The molecule has 1 aromatic rings. The first-order chi connectivity index (χ1) is 10.8. The normalized spacial score (nSPS) is 19.9. The quantitative estimate of drug-likeness (QED) is 0.777. The Morgan fingerprint density at radius 2 is 2.00 bits per heavy atom. The van der Waals surface area contributed by atoms with Crippen molar-refractivity contribution in [2.75, 3.05) is 13.1 Å². The van der Waals surface area contributed by atoms with Crippen LogP contribution < -0.4 is 0 Å². The third-order valence-corrected chi connectivity index (χ3v) is 4.60. The van der Waals surface area contributed by atoms with Crippen molar-refractivity contribution < 1.29 is 22.8 Å². The molecule has 1 fully saturated rings. The molecule has 1 amide bonds. The fourth-order valence-corrected chi connectivity index (χ4v) is 3.04. The summed E-state index contributed by atoms with van der Waals surface area (Å²) in [5, 5.41) is 3.78. The lowest BCUT2D eigenvalue weighted by atomic mass is 9.89. The summed E-state index contributed by atoms with van der Waals surface area (Å²) in [7, 11) is 0. The van der Waals surface area contributed by atoms with E-state index in [2.05, 4.69) is 5.16 Å². The molecule has 0 atom stereocenters. The molecular formula is C15H14ClF3N2O2. The number of benzene rings is 1. The second-order valence-corrected chi connectivity index (χ2v) is 6.16. The number of nitrogens with zero attached hydrogens (tertiary/aromatic N) is 2. The average Bonchev–Trinajstić information content (AvgIpc) is 2.95. The van der Waals surface area contributed by atoms with Crippen LogP contribution in [-0.2, 0) is 11.0 Å². The largest absolute Gasteiger partial charge is 0.416 e. The molecule has 124 valence electrons. The molecule has 2 aliphatic heterocycles. The van der Waals surface area contributed by atoms with Gasteiger partial charge in [-0.15, -0.1) is 0 Å². The highest BCUT2D eigenvalue weighted by molar-refractivity contribution is 6.33. The van der Waals surface area contributed by atoms with Gasteiger partial charge in [0.05, 0.1) is 16.1 Å². The predicted octanol–water partition coefficient (Wildman–Crippen LogP) is 3.74. The molecule has 0 aliphatic carbocycles. The number of carbonyl (C=O) groups is 1. The number of amides is 1. The first-order valence-corrected chi connectivity index (χ1v) is 7.55. The summed E-state index contributed by atoms with van der Waals surface area (Å²) >= 11 is 5.92. The van der Waals surface area contributed by atoms with Gasteiger partial charge in [-0.2, -0.15) is 13.2 Å². The van der Waals surface area contributed by atoms with Gasteiger partial charge in [0, 0.05) is 38.6 Å². The van der Waals surface area contributed by atoms with Gasteiger partial charge in [-0.1, -0.05) is 16.8 Å². The summed E-state index contributed by atoms with van der Waals surface area (Å²) in [4.78, 5) is 19.4. The molecule has 0 bridgehead atoms. The molecule has 1 aromatic carbocycles. The molecule has 0 unspecified atom stereocenters. The van der Waals surface area contributed by atoms with Crippen molar-refractivity contribution in [2.45, 2.75) is 31.0 Å². The van der Waals surface area contributed by atoms with Crippen LogP contribution in [0, 0.1) is 0 Å². The molecule has 23 heavy (non-hydrogen) atoms. The highest BCUT2D eigenvalue weighted by Crippen LogP contribution is 2.35. The number of oxime groups is 1. The summed E-state index contributed by atoms with van der Waals surface area (Å²) in [6, 6.07) is 2.79. The summed E-state index contributed by atoms with van der Waals surface area (Å²) in [6.07, 6.45) is -0.939. The number of hydrogen-bond acceptors (Lipinski definition) is 3. The summed E-state index contributed by atoms with van der Waals surface area (Å²) in [5.41, 5.74) is -1.37. The van der Waals surface area contributed by atoms with Crippen LogP contribution in [0.25, 0.3) is 0 Å². The van der Waals surface area contributed by atoms with Crippen LogP contribution in [0.5, 0.6) is 0 Å². The van der Waals surface area contributed by atoms with E-state index in [0.717, 1.165) is 18.2 Å². The van der Waals surface area contributed by atoms with E-state index < -0.39 is 17.6 Å². The monoisotopic (exact) mass is 346 g/mol. The van der Waals surface area contributed by atoms with Crippen molar-refractivity contribution in [2.24, 2.45) is 5.16 Å². The zero-order chi connectivity index (χ0) is 16.7. The van der Waals surface area contributed by atoms with E-state index in [9.17, 15) is 18.0 Å². The van der Waals surface area contributed by atoms with E-state index in [-0.39, 0.29) is 16.2 Å². The SMILES string of the molecule is O=C(c1cc(C(F)(F)F)ccc1Cl)N1CCC2(CC=NO2)CC1. The van der Waals surface area contributed by atoms with Gasteiger partial charge in [0.25, 0.3) is 5.91 Å². The molecule has 8 heteroatoms. The first kappa shape index (κ1) is 16.1. The smallest absolute Gasteiger partial charge is 0.389 e. The number of halogens is 4. The minimum atomic E-state index is -4.51. The molecule has 0 aromatic heterocycles. The third kappa shape index (κ3) is 3.15. The fourth-order valence-electron chi connectivity index (χ4n) is 2.84. The van der Waals surface area contributed by atoms with Gasteiger partial charge >= 0.3 is 6.18 Å². The van der Waals surface area contributed by atoms with Crippen molar-refractivity contribution in [1.29, 1.82) is 0 Å². The zero-order valence-corrected chi connectivity index (χ0v) is 12.8. The maximum Gasteiger partial charge on any atom is 0.416 e. The average molecular weight is 347 g/mol. The maximum absolute atomic E-state index is 12.8. The Balaban J connectivity index is 1.76. The minimum absolute atomic E-state index is 0.0173. The Morgan fingerprint density at radius 3 is 2.57 bits per heavy atom. The van der Waals surface area contributed by atoms with Crippen LogP contribution in [0.2, 0.25) is 5.02 Å². The second kappa shape index (κ2) is 5.70. The van der Waals surface area contributed by atoms with Gasteiger partial charge in [-0.05, 0) is 18.2 Å². The minimum Gasteiger partial charge on any atom is -0.389 e. The summed E-state index contributed by atoms with van der Waals surface area (Å²) in [6.45, 7) is 0.795. The van der Waals surface area contributed by atoms with Gasteiger partial charge in [-0.25, -0.2) is 0 Å². The van der Waals surface area contributed by atoms with Crippen LogP contribution in [0.3, 0.4) is 0 Å². The Labute approximate surface area is 135 Å². The van der Waals surface area contributed by atoms with Gasteiger partial charge in [-0.3, -0.25) is 4.79 Å². The van der Waals surface area contributed by atoms with Crippen LogP contribution in [0.1, 0.15) is 35.2 Å². The van der Waals surface area contributed by atoms with Crippen LogP contribution in [-0.4, -0.2) is 35.7 Å². The molecule has 1 saturated heterocycles.